The van der Waals surface area contributed by atoms with Crippen LogP contribution in [0.2, 0.25) is 0 Å². The number of ether oxygens (including phenoxy) is 1. The SMILES string of the molecule is CCOC(=O)CN(CC(C)CO)C(C)C. The van der Waals surface area contributed by atoms with Crippen LogP contribution in [0.25, 0.3) is 0 Å². The van der Waals surface area contributed by atoms with Gasteiger partial charge >= 0.3 is 5.97 Å². The van der Waals surface area contributed by atoms with Gasteiger partial charge in [0.2, 0.25) is 0 Å². The molecule has 15 heavy (non-hydrogen) atoms. The molecule has 4 nitrogen and oxygen atoms in total. The quantitative estimate of drug-likeness (QED) is 0.643. The summed E-state index contributed by atoms with van der Waals surface area (Å²) in [6.07, 6.45) is 0. The second-order valence-electron chi connectivity index (χ2n) is 4.12. The predicted molar refractivity (Wildman–Crippen MR) is 59.6 cm³/mol. The van der Waals surface area contributed by atoms with Gasteiger partial charge in [0.15, 0.2) is 0 Å². The topological polar surface area (TPSA) is 49.8 Å². The van der Waals surface area contributed by atoms with Gasteiger partial charge in [0.25, 0.3) is 0 Å². The number of aliphatic hydroxyl groups excluding tert-OH is 1. The minimum absolute atomic E-state index is 0.145. The van der Waals surface area contributed by atoms with Crippen molar-refractivity contribution in [2.45, 2.75) is 33.7 Å². The van der Waals surface area contributed by atoms with Gasteiger partial charge in [0.05, 0.1) is 13.2 Å². The zero-order chi connectivity index (χ0) is 11.8. The molecule has 0 aliphatic carbocycles. The first-order chi connectivity index (χ1) is 7.01. The van der Waals surface area contributed by atoms with Gasteiger partial charge in [-0.15, -0.1) is 0 Å². The summed E-state index contributed by atoms with van der Waals surface area (Å²) in [5, 5.41) is 8.96. The Hall–Kier alpha value is -0.610. The van der Waals surface area contributed by atoms with E-state index in [4.69, 9.17) is 9.84 Å². The van der Waals surface area contributed by atoms with Gasteiger partial charge in [0.1, 0.15) is 0 Å². The average Bonchev–Trinajstić information content (AvgIpc) is 2.16. The van der Waals surface area contributed by atoms with E-state index in [-0.39, 0.29) is 24.5 Å². The van der Waals surface area contributed by atoms with Crippen molar-refractivity contribution < 1.29 is 14.6 Å². The van der Waals surface area contributed by atoms with Crippen molar-refractivity contribution in [1.29, 1.82) is 0 Å². The monoisotopic (exact) mass is 217 g/mol. The molecule has 0 rings (SSSR count). The highest BCUT2D eigenvalue weighted by Crippen LogP contribution is 2.04. The third-order valence-corrected chi connectivity index (χ3v) is 2.23. The van der Waals surface area contributed by atoms with Crippen LogP contribution in [0, 0.1) is 5.92 Å². The van der Waals surface area contributed by atoms with Crippen molar-refractivity contribution in [2.75, 3.05) is 26.3 Å². The number of hydrogen-bond acceptors (Lipinski definition) is 4. The largest absolute Gasteiger partial charge is 0.465 e. The maximum Gasteiger partial charge on any atom is 0.320 e. The van der Waals surface area contributed by atoms with Gasteiger partial charge in [-0.05, 0) is 26.7 Å². The first-order valence-electron chi connectivity index (χ1n) is 5.51. The third kappa shape index (κ3) is 6.47. The summed E-state index contributed by atoms with van der Waals surface area (Å²) in [6.45, 7) is 9.40. The van der Waals surface area contributed by atoms with E-state index < -0.39 is 0 Å². The molecule has 1 N–H and O–H groups in total. The number of aliphatic hydroxyl groups is 1. The van der Waals surface area contributed by atoms with Crippen molar-refractivity contribution in [3.05, 3.63) is 0 Å². The van der Waals surface area contributed by atoms with Gasteiger partial charge in [-0.2, -0.15) is 0 Å². The van der Waals surface area contributed by atoms with E-state index in [1.807, 2.05) is 25.7 Å². The zero-order valence-corrected chi connectivity index (χ0v) is 10.2. The molecule has 0 heterocycles. The molecule has 1 atom stereocenters. The van der Waals surface area contributed by atoms with Crippen LogP contribution in [0.3, 0.4) is 0 Å². The van der Waals surface area contributed by atoms with Crippen molar-refractivity contribution in [3.8, 4) is 0 Å². The Kier molecular flexibility index (Phi) is 7.34. The highest BCUT2D eigenvalue weighted by molar-refractivity contribution is 5.71. The number of esters is 1. The summed E-state index contributed by atoms with van der Waals surface area (Å²) in [7, 11) is 0. The number of carbonyl (C=O) groups excluding carboxylic acids is 1. The lowest BCUT2D eigenvalue weighted by Crippen LogP contribution is -2.40. The van der Waals surface area contributed by atoms with Crippen molar-refractivity contribution in [2.24, 2.45) is 5.92 Å². The molecule has 0 radical (unpaired) electrons. The smallest absolute Gasteiger partial charge is 0.320 e. The van der Waals surface area contributed by atoms with E-state index in [1.165, 1.54) is 0 Å². The molecule has 0 aromatic rings. The molecular weight excluding hydrogens is 194 g/mol. The fourth-order valence-electron chi connectivity index (χ4n) is 1.29. The normalized spacial score (nSPS) is 13.3. The molecule has 0 saturated carbocycles. The molecule has 0 aromatic carbocycles. The molecule has 90 valence electrons. The zero-order valence-electron chi connectivity index (χ0n) is 10.2. The Labute approximate surface area is 92.2 Å². The molecule has 0 spiro atoms. The number of hydrogen-bond donors (Lipinski definition) is 1. The Morgan fingerprint density at radius 3 is 2.40 bits per heavy atom. The fraction of sp³-hybridized carbons (Fsp3) is 0.909. The van der Waals surface area contributed by atoms with Crippen LogP contribution in [0.15, 0.2) is 0 Å². The van der Waals surface area contributed by atoms with Gasteiger partial charge in [-0.3, -0.25) is 9.69 Å². The molecular formula is C11H23NO3. The Balaban J connectivity index is 4.09. The van der Waals surface area contributed by atoms with Crippen LogP contribution in [-0.4, -0.2) is 48.3 Å². The Morgan fingerprint density at radius 1 is 1.40 bits per heavy atom. The molecule has 0 amide bonds. The first kappa shape index (κ1) is 14.4. The number of rotatable bonds is 7. The predicted octanol–water partition coefficient (Wildman–Crippen LogP) is 0.888. The highest BCUT2D eigenvalue weighted by Gasteiger charge is 2.16. The molecule has 0 saturated heterocycles. The lowest BCUT2D eigenvalue weighted by molar-refractivity contribution is -0.145. The molecule has 0 fully saturated rings. The summed E-state index contributed by atoms with van der Waals surface area (Å²) in [4.78, 5) is 13.3. The van der Waals surface area contributed by atoms with Crippen LogP contribution in [0.5, 0.6) is 0 Å². The van der Waals surface area contributed by atoms with E-state index in [1.54, 1.807) is 6.92 Å². The Morgan fingerprint density at radius 2 is 2.00 bits per heavy atom. The molecule has 0 bridgehead atoms. The highest BCUT2D eigenvalue weighted by atomic mass is 16.5. The maximum absolute atomic E-state index is 11.3. The Bertz CT molecular complexity index is 183. The number of carbonyl (C=O) groups is 1. The van der Waals surface area contributed by atoms with Gasteiger partial charge in [-0.1, -0.05) is 6.92 Å². The van der Waals surface area contributed by atoms with Crippen LogP contribution >= 0.6 is 0 Å². The van der Waals surface area contributed by atoms with Crippen LogP contribution < -0.4 is 0 Å². The number of nitrogens with zero attached hydrogens (tertiary/aromatic N) is 1. The van der Waals surface area contributed by atoms with Crippen molar-refractivity contribution in [3.63, 3.8) is 0 Å². The van der Waals surface area contributed by atoms with Crippen LogP contribution in [-0.2, 0) is 9.53 Å². The molecule has 1 unspecified atom stereocenters. The summed E-state index contributed by atoms with van der Waals surface area (Å²) < 4.78 is 4.89. The van der Waals surface area contributed by atoms with Gasteiger partial charge in [0, 0.05) is 19.2 Å². The summed E-state index contributed by atoms with van der Waals surface area (Å²) in [6, 6.07) is 0.281. The third-order valence-electron chi connectivity index (χ3n) is 2.23. The van der Waals surface area contributed by atoms with Crippen molar-refractivity contribution >= 4 is 5.97 Å². The second kappa shape index (κ2) is 7.65. The van der Waals surface area contributed by atoms with E-state index in [9.17, 15) is 4.79 Å². The van der Waals surface area contributed by atoms with Gasteiger partial charge < -0.3 is 9.84 Å². The van der Waals surface area contributed by atoms with Crippen LogP contribution in [0.4, 0.5) is 0 Å². The van der Waals surface area contributed by atoms with E-state index in [0.29, 0.717) is 19.7 Å². The van der Waals surface area contributed by atoms with E-state index >= 15 is 0 Å². The van der Waals surface area contributed by atoms with Crippen molar-refractivity contribution in [1.82, 2.24) is 4.90 Å². The summed E-state index contributed by atoms with van der Waals surface area (Å²) in [5.74, 6) is -0.0156. The minimum atomic E-state index is -0.198. The van der Waals surface area contributed by atoms with Gasteiger partial charge in [-0.25, -0.2) is 0 Å². The molecule has 4 heteroatoms. The summed E-state index contributed by atoms with van der Waals surface area (Å²) >= 11 is 0. The molecule has 0 aliphatic rings. The lowest BCUT2D eigenvalue weighted by atomic mass is 10.1. The lowest BCUT2D eigenvalue weighted by Gasteiger charge is -2.27. The standard InChI is InChI=1S/C11H23NO3/c1-5-15-11(14)7-12(9(2)3)6-10(4)8-13/h9-10,13H,5-8H2,1-4H3. The van der Waals surface area contributed by atoms with E-state index in [2.05, 4.69) is 0 Å². The minimum Gasteiger partial charge on any atom is -0.465 e. The van der Waals surface area contributed by atoms with Crippen LogP contribution in [0.1, 0.15) is 27.7 Å². The summed E-state index contributed by atoms with van der Waals surface area (Å²) in [5.41, 5.74) is 0. The molecule has 0 aromatic heterocycles. The maximum atomic E-state index is 11.3. The second-order valence-corrected chi connectivity index (χ2v) is 4.12. The molecule has 0 aliphatic heterocycles. The fourth-order valence-corrected chi connectivity index (χ4v) is 1.29. The van der Waals surface area contributed by atoms with E-state index in [0.717, 1.165) is 0 Å². The average molecular weight is 217 g/mol. The first-order valence-corrected chi connectivity index (χ1v) is 5.51.